The van der Waals surface area contributed by atoms with E-state index in [0.717, 1.165) is 37.0 Å². The molecule has 2 N–H and O–H groups in total. The van der Waals surface area contributed by atoms with E-state index in [9.17, 15) is 18.0 Å². The molecule has 1 aromatic carbocycles. The van der Waals surface area contributed by atoms with Gasteiger partial charge in [-0.25, -0.2) is 14.5 Å². The van der Waals surface area contributed by atoms with Crippen molar-refractivity contribution < 1.29 is 27.9 Å². The molecule has 1 amide bonds. The Balaban J connectivity index is 0.00000124. The smallest absolute Gasteiger partial charge is 0.416 e. The molecule has 1 aliphatic heterocycles. The van der Waals surface area contributed by atoms with Gasteiger partial charge in [0, 0.05) is 50.7 Å². The number of carbonyl (C=O) groups excluding carboxylic acids is 1. The minimum atomic E-state index is -4.58. The topological polar surface area (TPSA) is 116 Å². The molecule has 0 radical (unpaired) electrons. The van der Waals surface area contributed by atoms with Gasteiger partial charge in [0.1, 0.15) is 0 Å². The summed E-state index contributed by atoms with van der Waals surface area (Å²) >= 11 is 1.12. The van der Waals surface area contributed by atoms with Crippen LogP contribution in [-0.4, -0.2) is 79.6 Å². The number of piperazine rings is 1. The molecular weight excluding hydrogens is 559 g/mol. The van der Waals surface area contributed by atoms with Crippen LogP contribution in [0.4, 0.5) is 18.3 Å². The van der Waals surface area contributed by atoms with E-state index in [0.29, 0.717) is 29.2 Å². The molecule has 0 unspecified atom stereocenters. The number of carboxylic acid groups (broad SMARTS) is 1. The van der Waals surface area contributed by atoms with E-state index < -0.39 is 17.6 Å². The number of halogens is 3. The first kappa shape index (κ1) is 29.7. The van der Waals surface area contributed by atoms with E-state index in [1.165, 1.54) is 18.3 Å². The number of hydrogen-bond donors (Lipinski definition) is 2. The van der Waals surface area contributed by atoms with Crippen LogP contribution in [0, 0.1) is 11.8 Å². The van der Waals surface area contributed by atoms with Crippen molar-refractivity contribution in [1.29, 1.82) is 0 Å². The van der Waals surface area contributed by atoms with Crippen LogP contribution in [0.5, 0.6) is 0 Å². The highest BCUT2D eigenvalue weighted by Crippen LogP contribution is 2.34. The van der Waals surface area contributed by atoms with Crippen LogP contribution in [0.1, 0.15) is 38.8 Å². The average molecular weight is 586 g/mol. The fourth-order valence-corrected chi connectivity index (χ4v) is 4.89. The monoisotopic (exact) mass is 585 g/mol. The summed E-state index contributed by atoms with van der Waals surface area (Å²) in [6.07, 6.45) is 1.93. The molecule has 4 heterocycles. The summed E-state index contributed by atoms with van der Waals surface area (Å²) in [5.41, 5.74) is 0.530. The van der Waals surface area contributed by atoms with Gasteiger partial charge in [-0.05, 0) is 36.2 Å². The van der Waals surface area contributed by atoms with E-state index in [1.807, 2.05) is 4.90 Å². The highest BCUT2D eigenvalue weighted by molar-refractivity contribution is 7.16. The molecule has 14 heteroatoms. The van der Waals surface area contributed by atoms with Gasteiger partial charge in [0.2, 0.25) is 0 Å². The maximum absolute atomic E-state index is 13.9. The molecule has 1 aliphatic rings. The molecule has 0 atom stereocenters. The molecule has 3 aromatic heterocycles. The van der Waals surface area contributed by atoms with Gasteiger partial charge < -0.3 is 10.0 Å². The van der Waals surface area contributed by atoms with Crippen LogP contribution >= 0.6 is 11.3 Å². The third-order valence-corrected chi connectivity index (χ3v) is 7.14. The minimum Gasteiger partial charge on any atom is -0.483 e. The molecule has 0 bridgehead atoms. The van der Waals surface area contributed by atoms with Crippen molar-refractivity contribution in [3.63, 3.8) is 0 Å². The summed E-state index contributed by atoms with van der Waals surface area (Å²) in [4.78, 5) is 34.4. The van der Waals surface area contributed by atoms with Gasteiger partial charge in [-0.2, -0.15) is 18.3 Å². The van der Waals surface area contributed by atoms with Crippen LogP contribution in [0.3, 0.4) is 0 Å². The Morgan fingerprint density at radius 1 is 1.15 bits per heavy atom. The fraction of sp³-hybridized carbons (Fsp3) is 0.296. The number of nitrogens with zero attached hydrogens (tertiary/aromatic N) is 6. The molecule has 10 nitrogen and oxygen atoms in total. The third kappa shape index (κ3) is 7.66. The molecule has 0 aliphatic carbocycles. The van der Waals surface area contributed by atoms with Crippen molar-refractivity contribution in [2.24, 2.45) is 0 Å². The second-order valence-electron chi connectivity index (χ2n) is 8.87. The summed E-state index contributed by atoms with van der Waals surface area (Å²) < 4.78 is 43.3. The minimum absolute atomic E-state index is 0.0860. The molecule has 4 aromatic rings. The molecule has 0 spiro atoms. The van der Waals surface area contributed by atoms with Gasteiger partial charge in [-0.15, -0.1) is 0 Å². The molecule has 1 saturated heterocycles. The van der Waals surface area contributed by atoms with E-state index >= 15 is 0 Å². The number of fused-ring (bicyclic) bond motifs is 1. The van der Waals surface area contributed by atoms with E-state index in [-0.39, 0.29) is 29.3 Å². The SMILES string of the molecule is CCN1CCN(Cc2ccc(C(=O)Nc3ncc(C#Cc4cnn5cccnc45)s3)cc2C(F)(F)F)CC1.O=CO. The average Bonchev–Trinajstić information content (AvgIpc) is 3.59. The summed E-state index contributed by atoms with van der Waals surface area (Å²) in [6, 6.07) is 5.50. The molecule has 0 saturated carbocycles. The lowest BCUT2D eigenvalue weighted by molar-refractivity contribution is -0.138. The zero-order valence-electron chi connectivity index (χ0n) is 21.9. The Kier molecular flexibility index (Phi) is 9.66. The molecule has 214 valence electrons. The van der Waals surface area contributed by atoms with Crippen LogP contribution in [0.15, 0.2) is 49.1 Å². The second kappa shape index (κ2) is 13.4. The van der Waals surface area contributed by atoms with Gasteiger partial charge in [-0.3, -0.25) is 19.8 Å². The van der Waals surface area contributed by atoms with Gasteiger partial charge in [0.15, 0.2) is 10.8 Å². The largest absolute Gasteiger partial charge is 0.483 e. The Labute approximate surface area is 237 Å². The van der Waals surface area contributed by atoms with E-state index in [4.69, 9.17) is 9.90 Å². The number of alkyl halides is 3. The lowest BCUT2D eigenvalue weighted by atomic mass is 10.0. The number of nitrogens with one attached hydrogen (secondary N) is 1. The lowest BCUT2D eigenvalue weighted by Gasteiger charge is -2.34. The number of hydrogen-bond acceptors (Lipinski definition) is 8. The van der Waals surface area contributed by atoms with Crippen molar-refractivity contribution in [1.82, 2.24) is 29.4 Å². The molecular formula is C27H26F3N7O3S. The van der Waals surface area contributed by atoms with E-state index in [2.05, 4.69) is 44.0 Å². The third-order valence-electron chi connectivity index (χ3n) is 6.31. The lowest BCUT2D eigenvalue weighted by Crippen LogP contribution is -2.45. The van der Waals surface area contributed by atoms with Crippen molar-refractivity contribution in [3.05, 3.63) is 76.2 Å². The number of rotatable bonds is 5. The molecule has 41 heavy (non-hydrogen) atoms. The molecule has 1 fully saturated rings. The Hall–Kier alpha value is -4.32. The number of likely N-dealkylation sites (N-methyl/N-ethyl adjacent to an activating group) is 1. The second-order valence-corrected chi connectivity index (χ2v) is 9.90. The summed E-state index contributed by atoms with van der Waals surface area (Å²) in [7, 11) is 0. The first-order valence-electron chi connectivity index (χ1n) is 12.5. The van der Waals surface area contributed by atoms with Gasteiger partial charge in [0.25, 0.3) is 12.4 Å². The maximum atomic E-state index is 13.9. The van der Waals surface area contributed by atoms with Crippen LogP contribution in [-0.2, 0) is 17.5 Å². The first-order chi connectivity index (χ1) is 19.7. The van der Waals surface area contributed by atoms with Gasteiger partial charge in [-0.1, -0.05) is 30.2 Å². The predicted octanol–water partition coefficient (Wildman–Crippen LogP) is 3.70. The normalized spacial score (nSPS) is 14.0. The zero-order chi connectivity index (χ0) is 29.4. The standard InChI is InChI=1S/C26H24F3N7OS.CH2O2/c1-2-34-10-12-35(13-11-34)17-20-5-4-18(14-22(20)26(27,28)29)24(37)33-25-31-16-21(38-25)7-6-19-15-32-36-9-3-8-30-23(19)36;2-1-3/h3-5,8-9,14-16H,2,10-13,17H2,1H3,(H,31,33,37);1H,(H,2,3). The van der Waals surface area contributed by atoms with Gasteiger partial charge >= 0.3 is 6.18 Å². The van der Waals surface area contributed by atoms with Crippen LogP contribution in [0.2, 0.25) is 0 Å². The van der Waals surface area contributed by atoms with E-state index in [1.54, 1.807) is 29.2 Å². The Bertz CT molecular complexity index is 1570. The quantitative estimate of drug-likeness (QED) is 0.269. The highest BCUT2D eigenvalue weighted by atomic mass is 32.1. The number of benzene rings is 1. The fourth-order valence-electron chi connectivity index (χ4n) is 4.23. The summed E-state index contributed by atoms with van der Waals surface area (Å²) in [5.74, 6) is 5.27. The summed E-state index contributed by atoms with van der Waals surface area (Å²) in [5, 5.41) is 13.9. The maximum Gasteiger partial charge on any atom is 0.416 e. The van der Waals surface area contributed by atoms with Crippen LogP contribution in [0.25, 0.3) is 5.65 Å². The van der Waals surface area contributed by atoms with Gasteiger partial charge in [0.05, 0.1) is 28.4 Å². The predicted molar refractivity (Wildman–Crippen MR) is 147 cm³/mol. The highest BCUT2D eigenvalue weighted by Gasteiger charge is 2.34. The Morgan fingerprint density at radius 3 is 2.59 bits per heavy atom. The number of thiazole rings is 1. The number of aromatic nitrogens is 4. The first-order valence-corrected chi connectivity index (χ1v) is 13.3. The summed E-state index contributed by atoms with van der Waals surface area (Å²) in [6.45, 7) is 6.00. The number of anilines is 1. The number of amides is 1. The van der Waals surface area contributed by atoms with Crippen molar-refractivity contribution in [2.45, 2.75) is 19.6 Å². The van der Waals surface area contributed by atoms with Crippen molar-refractivity contribution in [2.75, 3.05) is 38.0 Å². The van der Waals surface area contributed by atoms with Crippen LogP contribution < -0.4 is 5.32 Å². The molecule has 5 rings (SSSR count). The van der Waals surface area contributed by atoms with Crippen molar-refractivity contribution in [3.8, 4) is 11.8 Å². The van der Waals surface area contributed by atoms with Crippen molar-refractivity contribution >= 4 is 34.5 Å². The number of carbonyl (C=O) groups is 2. The Morgan fingerprint density at radius 2 is 1.88 bits per heavy atom. The zero-order valence-corrected chi connectivity index (χ0v) is 22.7.